The van der Waals surface area contributed by atoms with E-state index in [4.69, 9.17) is 9.84 Å². The molecule has 0 radical (unpaired) electrons. The minimum Gasteiger partial charge on any atom is -0.496 e. The molecule has 0 bridgehead atoms. The molecule has 1 aromatic rings. The molecule has 0 saturated heterocycles. The topological polar surface area (TPSA) is 70.6 Å². The lowest BCUT2D eigenvalue weighted by Gasteiger charge is -2.19. The van der Waals surface area contributed by atoms with Crippen molar-refractivity contribution in [3.8, 4) is 5.75 Å². The zero-order valence-electron chi connectivity index (χ0n) is 12.6. The highest BCUT2D eigenvalue weighted by Gasteiger charge is 2.18. The summed E-state index contributed by atoms with van der Waals surface area (Å²) >= 11 is 0. The van der Waals surface area contributed by atoms with Crippen LogP contribution in [0.1, 0.15) is 31.9 Å². The molecule has 0 spiro atoms. The molecule has 0 aliphatic rings. The number of rotatable bonds is 7. The Morgan fingerprint density at radius 2 is 2.14 bits per heavy atom. The van der Waals surface area contributed by atoms with E-state index < -0.39 is 11.9 Å². The number of carbonyl (C=O) groups excluding carboxylic acids is 1. The molecule has 0 aliphatic heterocycles. The van der Waals surface area contributed by atoms with Gasteiger partial charge in [-0.2, -0.15) is 0 Å². The third kappa shape index (κ3) is 5.23. The fourth-order valence-electron chi connectivity index (χ4n) is 2.02. The lowest BCUT2D eigenvalue weighted by molar-refractivity contribution is 0.231. The van der Waals surface area contributed by atoms with Crippen LogP contribution in [0.25, 0.3) is 0 Å². The third-order valence-corrected chi connectivity index (χ3v) is 3.25. The minimum atomic E-state index is -0.519. The van der Waals surface area contributed by atoms with Crippen LogP contribution in [0.5, 0.6) is 5.75 Å². The van der Waals surface area contributed by atoms with Crippen LogP contribution >= 0.6 is 0 Å². The van der Waals surface area contributed by atoms with Crippen molar-refractivity contribution in [2.45, 2.75) is 26.3 Å². The van der Waals surface area contributed by atoms with Crippen molar-refractivity contribution in [1.82, 2.24) is 10.6 Å². The second-order valence-electron chi connectivity index (χ2n) is 5.05. The number of ether oxygens (including phenoxy) is 1. The van der Waals surface area contributed by atoms with Gasteiger partial charge in [-0.15, -0.1) is 0 Å². The highest BCUT2D eigenvalue weighted by molar-refractivity contribution is 5.74. The van der Waals surface area contributed by atoms with E-state index in [0.717, 1.165) is 0 Å². The number of nitrogens with one attached hydrogen (secondary N) is 2. The van der Waals surface area contributed by atoms with Crippen LogP contribution in [0.15, 0.2) is 18.2 Å². The van der Waals surface area contributed by atoms with Gasteiger partial charge >= 0.3 is 6.03 Å². The number of aliphatic hydroxyl groups excluding tert-OH is 1. The quantitative estimate of drug-likeness (QED) is 0.723. The molecule has 118 valence electrons. The van der Waals surface area contributed by atoms with Gasteiger partial charge in [0.05, 0.1) is 18.7 Å². The number of urea groups is 1. The molecular weight excluding hydrogens is 275 g/mol. The van der Waals surface area contributed by atoms with Crippen LogP contribution in [-0.2, 0) is 0 Å². The van der Waals surface area contributed by atoms with E-state index in [1.54, 1.807) is 19.1 Å². The molecule has 1 rings (SSSR count). The van der Waals surface area contributed by atoms with E-state index >= 15 is 0 Å². The first-order valence-electron chi connectivity index (χ1n) is 6.97. The molecule has 2 atom stereocenters. The van der Waals surface area contributed by atoms with Crippen LogP contribution in [0, 0.1) is 11.7 Å². The number of methoxy groups -OCH3 is 1. The van der Waals surface area contributed by atoms with Crippen LogP contribution in [0.2, 0.25) is 0 Å². The summed E-state index contributed by atoms with van der Waals surface area (Å²) in [6, 6.07) is 3.64. The highest BCUT2D eigenvalue weighted by Crippen LogP contribution is 2.27. The molecule has 5 nitrogen and oxygen atoms in total. The van der Waals surface area contributed by atoms with Gasteiger partial charge in [0.2, 0.25) is 0 Å². The predicted molar refractivity (Wildman–Crippen MR) is 78.8 cm³/mol. The number of hydrogen-bond acceptors (Lipinski definition) is 3. The van der Waals surface area contributed by atoms with Crippen LogP contribution < -0.4 is 15.4 Å². The number of halogens is 1. The average Bonchev–Trinajstić information content (AvgIpc) is 2.44. The Balaban J connectivity index is 2.61. The summed E-state index contributed by atoms with van der Waals surface area (Å²) in [5.74, 6) is 0.159. The first kappa shape index (κ1) is 17.2. The second-order valence-corrected chi connectivity index (χ2v) is 5.05. The van der Waals surface area contributed by atoms with E-state index in [2.05, 4.69) is 10.6 Å². The maximum atomic E-state index is 13.9. The molecule has 2 unspecified atom stereocenters. The monoisotopic (exact) mass is 298 g/mol. The number of benzene rings is 1. The molecular formula is C15H23FN2O3. The largest absolute Gasteiger partial charge is 0.496 e. The van der Waals surface area contributed by atoms with Gasteiger partial charge in [-0.3, -0.25) is 0 Å². The van der Waals surface area contributed by atoms with Gasteiger partial charge in [-0.05, 0) is 31.4 Å². The summed E-state index contributed by atoms with van der Waals surface area (Å²) in [7, 11) is 1.46. The first-order valence-corrected chi connectivity index (χ1v) is 6.97. The minimum absolute atomic E-state index is 0.0906. The van der Waals surface area contributed by atoms with Crippen molar-refractivity contribution < 1.29 is 19.0 Å². The Hall–Kier alpha value is -1.82. The molecule has 3 N–H and O–H groups in total. The molecule has 0 aliphatic carbocycles. The fourth-order valence-corrected chi connectivity index (χ4v) is 2.02. The van der Waals surface area contributed by atoms with Crippen molar-refractivity contribution in [3.05, 3.63) is 29.6 Å². The standard InChI is InChI=1S/C15H23FN2O3/c1-10(7-8-19)9-17-15(20)18-11(2)14-12(16)5-4-6-13(14)21-3/h4-6,10-11,19H,7-9H2,1-3H3,(H2,17,18,20). The van der Waals surface area contributed by atoms with Gasteiger partial charge in [0, 0.05) is 13.2 Å². The lowest BCUT2D eigenvalue weighted by Crippen LogP contribution is -2.39. The Bertz CT molecular complexity index is 468. The van der Waals surface area contributed by atoms with Gasteiger partial charge < -0.3 is 20.5 Å². The van der Waals surface area contributed by atoms with E-state index in [1.165, 1.54) is 13.2 Å². The number of aliphatic hydroxyl groups is 1. The number of hydrogen-bond donors (Lipinski definition) is 3. The highest BCUT2D eigenvalue weighted by atomic mass is 19.1. The lowest BCUT2D eigenvalue weighted by atomic mass is 10.1. The Morgan fingerprint density at radius 1 is 1.43 bits per heavy atom. The maximum absolute atomic E-state index is 13.9. The van der Waals surface area contributed by atoms with E-state index in [-0.39, 0.29) is 18.6 Å². The smallest absolute Gasteiger partial charge is 0.315 e. The normalized spacial score (nSPS) is 13.4. The Kier molecular flexibility index (Phi) is 6.94. The van der Waals surface area contributed by atoms with Gasteiger partial charge in [0.1, 0.15) is 11.6 Å². The summed E-state index contributed by atoms with van der Waals surface area (Å²) in [6.45, 7) is 4.16. The molecule has 2 amide bonds. The first-order chi connectivity index (χ1) is 9.99. The summed E-state index contributed by atoms with van der Waals surface area (Å²) in [4.78, 5) is 11.8. The van der Waals surface area contributed by atoms with Gasteiger partial charge in [0.25, 0.3) is 0 Å². The van der Waals surface area contributed by atoms with Gasteiger partial charge in [-0.1, -0.05) is 13.0 Å². The summed E-state index contributed by atoms with van der Waals surface area (Å²) in [5, 5.41) is 14.2. The molecule has 0 saturated carbocycles. The predicted octanol–water partition coefficient (Wildman–Crippen LogP) is 2.21. The average molecular weight is 298 g/mol. The summed E-state index contributed by atoms with van der Waals surface area (Å²) in [5.41, 5.74) is 0.318. The van der Waals surface area contributed by atoms with Gasteiger partial charge in [0.15, 0.2) is 0 Å². The maximum Gasteiger partial charge on any atom is 0.315 e. The third-order valence-electron chi connectivity index (χ3n) is 3.25. The van der Waals surface area contributed by atoms with Crippen molar-refractivity contribution in [3.63, 3.8) is 0 Å². The molecule has 6 heteroatoms. The Labute approximate surface area is 124 Å². The zero-order chi connectivity index (χ0) is 15.8. The summed E-state index contributed by atoms with van der Waals surface area (Å²) in [6.07, 6.45) is 0.622. The SMILES string of the molecule is COc1cccc(F)c1C(C)NC(=O)NCC(C)CCO. The molecule has 21 heavy (non-hydrogen) atoms. The molecule has 0 heterocycles. The summed E-state index contributed by atoms with van der Waals surface area (Å²) < 4.78 is 19.0. The Morgan fingerprint density at radius 3 is 2.76 bits per heavy atom. The van der Waals surface area contributed by atoms with Crippen LogP contribution in [-0.4, -0.2) is 31.4 Å². The van der Waals surface area contributed by atoms with Crippen molar-refractivity contribution in [2.75, 3.05) is 20.3 Å². The van der Waals surface area contributed by atoms with Crippen molar-refractivity contribution in [2.24, 2.45) is 5.92 Å². The fraction of sp³-hybridized carbons (Fsp3) is 0.533. The molecule has 0 aromatic heterocycles. The van der Waals surface area contributed by atoms with E-state index in [9.17, 15) is 9.18 Å². The number of amides is 2. The van der Waals surface area contributed by atoms with E-state index in [0.29, 0.717) is 24.3 Å². The van der Waals surface area contributed by atoms with Crippen molar-refractivity contribution in [1.29, 1.82) is 0 Å². The zero-order valence-corrected chi connectivity index (χ0v) is 12.6. The second kappa shape index (κ2) is 8.46. The van der Waals surface area contributed by atoms with Gasteiger partial charge in [-0.25, -0.2) is 9.18 Å². The van der Waals surface area contributed by atoms with Crippen LogP contribution in [0.3, 0.4) is 0 Å². The van der Waals surface area contributed by atoms with Crippen LogP contribution in [0.4, 0.5) is 9.18 Å². The van der Waals surface area contributed by atoms with Crippen molar-refractivity contribution >= 4 is 6.03 Å². The number of carbonyl (C=O) groups is 1. The molecule has 1 aromatic carbocycles. The molecule has 0 fully saturated rings. The van der Waals surface area contributed by atoms with E-state index in [1.807, 2.05) is 6.92 Å².